The molecule has 10 heteroatoms. The molecule has 202 valence electrons. The van der Waals surface area contributed by atoms with Gasteiger partial charge in [-0.05, 0) is 74.9 Å². The predicted molar refractivity (Wildman–Crippen MR) is 136 cm³/mol. The van der Waals surface area contributed by atoms with Gasteiger partial charge in [0, 0.05) is 29.6 Å². The third-order valence-electron chi connectivity index (χ3n) is 8.35. The summed E-state index contributed by atoms with van der Waals surface area (Å²) < 4.78 is 40.5. The molecule has 2 aliphatic carbocycles. The third-order valence-corrected chi connectivity index (χ3v) is 8.35. The van der Waals surface area contributed by atoms with E-state index in [2.05, 4.69) is 25.8 Å². The molecule has 0 amide bonds. The number of ether oxygens (including phenoxy) is 2. The van der Waals surface area contributed by atoms with E-state index in [1.165, 1.54) is 29.3 Å². The molecule has 39 heavy (non-hydrogen) atoms. The number of nitriles is 1. The molecular formula is C29H28F2N4O4. The summed E-state index contributed by atoms with van der Waals surface area (Å²) in [6.07, 6.45) is 4.74. The molecule has 8 nitrogen and oxygen atoms in total. The first kappa shape index (κ1) is 25.4. The van der Waals surface area contributed by atoms with Crippen LogP contribution in [0.5, 0.6) is 5.75 Å². The highest BCUT2D eigenvalue weighted by Gasteiger charge is 2.54. The van der Waals surface area contributed by atoms with Crippen LogP contribution in [-0.2, 0) is 21.4 Å². The molecule has 1 spiro atoms. The van der Waals surface area contributed by atoms with Crippen LogP contribution in [0, 0.1) is 16.7 Å². The Labute approximate surface area is 224 Å². The minimum absolute atomic E-state index is 0.0326. The molecule has 2 heterocycles. The van der Waals surface area contributed by atoms with Crippen LogP contribution >= 0.6 is 0 Å². The van der Waals surface area contributed by atoms with Crippen molar-refractivity contribution in [2.75, 3.05) is 26.2 Å². The minimum Gasteiger partial charge on any atom is -0.466 e. The molecule has 3 aliphatic rings. The summed E-state index contributed by atoms with van der Waals surface area (Å²) in [5.74, 6) is 0.365. The SMILES string of the molecule is CCOC(=O)C1(CN2CCC3(CCc4c(-c5noc(-c6ccc(OC(F)F)c(C#N)c6)n5)cccc43)C2)CC1. The third kappa shape index (κ3) is 4.55. The maximum Gasteiger partial charge on any atom is 0.387 e. The maximum absolute atomic E-state index is 12.6. The normalized spacial score (nSPS) is 21.2. The number of halogens is 2. The van der Waals surface area contributed by atoms with Crippen LogP contribution in [0.1, 0.15) is 49.3 Å². The van der Waals surface area contributed by atoms with Crippen molar-refractivity contribution in [3.8, 4) is 34.7 Å². The van der Waals surface area contributed by atoms with Crippen LogP contribution in [0.25, 0.3) is 22.8 Å². The highest BCUT2D eigenvalue weighted by Crippen LogP contribution is 2.52. The Kier molecular flexibility index (Phi) is 6.34. The number of fused-ring (bicyclic) bond motifs is 2. The summed E-state index contributed by atoms with van der Waals surface area (Å²) in [5, 5.41) is 13.6. The fraction of sp³-hybridized carbons (Fsp3) is 0.448. The number of hydrogen-bond acceptors (Lipinski definition) is 8. The molecule has 0 radical (unpaired) electrons. The summed E-state index contributed by atoms with van der Waals surface area (Å²) in [6.45, 7) is 1.85. The van der Waals surface area contributed by atoms with E-state index in [0.29, 0.717) is 18.0 Å². The molecule has 2 fully saturated rings. The molecule has 1 aromatic heterocycles. The van der Waals surface area contributed by atoms with E-state index < -0.39 is 6.61 Å². The molecule has 1 unspecified atom stereocenters. The summed E-state index contributed by atoms with van der Waals surface area (Å²) in [5.41, 5.74) is 3.51. The van der Waals surface area contributed by atoms with Crippen molar-refractivity contribution >= 4 is 5.97 Å². The lowest BCUT2D eigenvalue weighted by molar-refractivity contribution is -0.150. The first-order chi connectivity index (χ1) is 18.9. The van der Waals surface area contributed by atoms with Crippen LogP contribution in [0.4, 0.5) is 8.78 Å². The average molecular weight is 535 g/mol. The number of rotatable bonds is 8. The van der Waals surface area contributed by atoms with E-state index in [-0.39, 0.29) is 34.0 Å². The number of nitrogens with zero attached hydrogens (tertiary/aromatic N) is 4. The molecule has 0 bridgehead atoms. The van der Waals surface area contributed by atoms with Crippen molar-refractivity contribution in [3.63, 3.8) is 0 Å². The summed E-state index contributed by atoms with van der Waals surface area (Å²) in [7, 11) is 0. The zero-order chi connectivity index (χ0) is 27.2. The largest absolute Gasteiger partial charge is 0.466 e. The van der Waals surface area contributed by atoms with Crippen molar-refractivity contribution in [2.45, 2.75) is 51.1 Å². The number of likely N-dealkylation sites (tertiary alicyclic amines) is 1. The molecule has 3 aromatic rings. The van der Waals surface area contributed by atoms with Gasteiger partial charge >= 0.3 is 12.6 Å². The van der Waals surface area contributed by atoms with Gasteiger partial charge in [-0.25, -0.2) is 0 Å². The van der Waals surface area contributed by atoms with Gasteiger partial charge in [0.05, 0.1) is 17.6 Å². The van der Waals surface area contributed by atoms with Gasteiger partial charge in [-0.1, -0.05) is 23.4 Å². The molecule has 1 atom stereocenters. The number of carbonyl (C=O) groups is 1. The number of esters is 1. The number of carbonyl (C=O) groups excluding carboxylic acids is 1. The van der Waals surface area contributed by atoms with Gasteiger partial charge in [0.25, 0.3) is 5.89 Å². The number of hydrogen-bond donors (Lipinski definition) is 0. The molecule has 6 rings (SSSR count). The smallest absolute Gasteiger partial charge is 0.387 e. The summed E-state index contributed by atoms with van der Waals surface area (Å²) in [6, 6.07) is 12.3. The van der Waals surface area contributed by atoms with Crippen LogP contribution in [0.3, 0.4) is 0 Å². The zero-order valence-corrected chi connectivity index (χ0v) is 21.6. The fourth-order valence-electron chi connectivity index (χ4n) is 6.27. The first-order valence-electron chi connectivity index (χ1n) is 13.2. The summed E-state index contributed by atoms with van der Waals surface area (Å²) in [4.78, 5) is 19.5. The second-order valence-electron chi connectivity index (χ2n) is 10.7. The maximum atomic E-state index is 12.6. The molecule has 1 aliphatic heterocycles. The fourth-order valence-corrected chi connectivity index (χ4v) is 6.27. The van der Waals surface area contributed by atoms with Crippen molar-refractivity contribution < 1.29 is 27.6 Å². The van der Waals surface area contributed by atoms with E-state index in [1.807, 2.05) is 25.1 Å². The van der Waals surface area contributed by atoms with E-state index >= 15 is 0 Å². The van der Waals surface area contributed by atoms with Crippen LogP contribution < -0.4 is 4.74 Å². The lowest BCUT2D eigenvalue weighted by Gasteiger charge is -2.27. The van der Waals surface area contributed by atoms with E-state index in [0.717, 1.165) is 57.3 Å². The molecule has 1 saturated carbocycles. The van der Waals surface area contributed by atoms with Crippen LogP contribution in [0.2, 0.25) is 0 Å². The van der Waals surface area contributed by atoms with Crippen molar-refractivity contribution in [3.05, 3.63) is 53.1 Å². The lowest BCUT2D eigenvalue weighted by atomic mass is 9.81. The zero-order valence-electron chi connectivity index (χ0n) is 21.6. The topological polar surface area (TPSA) is 101 Å². The Morgan fingerprint density at radius 1 is 1.23 bits per heavy atom. The van der Waals surface area contributed by atoms with Gasteiger partial charge in [0.15, 0.2) is 0 Å². The Bertz CT molecular complexity index is 1460. The van der Waals surface area contributed by atoms with Crippen molar-refractivity contribution in [1.82, 2.24) is 15.0 Å². The quantitative estimate of drug-likeness (QED) is 0.368. The molecule has 2 aromatic carbocycles. The van der Waals surface area contributed by atoms with Gasteiger partial charge in [0.1, 0.15) is 11.8 Å². The van der Waals surface area contributed by atoms with E-state index in [4.69, 9.17) is 9.26 Å². The first-order valence-corrected chi connectivity index (χ1v) is 13.2. The predicted octanol–water partition coefficient (Wildman–Crippen LogP) is 5.11. The van der Waals surface area contributed by atoms with Gasteiger partial charge < -0.3 is 18.9 Å². The monoisotopic (exact) mass is 534 g/mol. The number of aromatic nitrogens is 2. The van der Waals surface area contributed by atoms with Gasteiger partial charge in [-0.15, -0.1) is 0 Å². The second-order valence-corrected chi connectivity index (χ2v) is 10.7. The van der Waals surface area contributed by atoms with Crippen LogP contribution in [0.15, 0.2) is 40.9 Å². The van der Waals surface area contributed by atoms with Gasteiger partial charge in [-0.3, -0.25) is 4.79 Å². The summed E-state index contributed by atoms with van der Waals surface area (Å²) >= 11 is 0. The number of alkyl halides is 2. The van der Waals surface area contributed by atoms with Gasteiger partial charge in [-0.2, -0.15) is 19.0 Å². The van der Waals surface area contributed by atoms with Crippen molar-refractivity contribution in [2.24, 2.45) is 5.41 Å². The minimum atomic E-state index is -3.03. The molecule has 1 saturated heterocycles. The Morgan fingerprint density at radius 2 is 2.08 bits per heavy atom. The van der Waals surface area contributed by atoms with Crippen LogP contribution in [-0.4, -0.2) is 53.9 Å². The molecule has 0 N–H and O–H groups in total. The Morgan fingerprint density at radius 3 is 2.82 bits per heavy atom. The highest BCUT2D eigenvalue weighted by molar-refractivity contribution is 5.80. The lowest BCUT2D eigenvalue weighted by Crippen LogP contribution is -2.36. The number of benzene rings is 2. The standard InChI is InChI=1S/C29H28F2N4O4/c1-2-37-26(36)29(10-11-29)17-35-13-12-28(16-35)9-8-20-21(4-3-5-22(20)28)24-33-25(39-34-24)18-6-7-23(38-27(30)31)19(14-18)15-32/h3-7,14,27H,2,8-13,16-17H2,1H3. The van der Waals surface area contributed by atoms with E-state index in [1.54, 1.807) is 0 Å². The Balaban J connectivity index is 1.23. The highest BCUT2D eigenvalue weighted by atomic mass is 19.3. The molecular weight excluding hydrogens is 506 g/mol. The van der Waals surface area contributed by atoms with E-state index in [9.17, 15) is 18.8 Å². The van der Waals surface area contributed by atoms with Crippen molar-refractivity contribution in [1.29, 1.82) is 5.26 Å². The average Bonchev–Trinajstić information content (AvgIpc) is 3.25. The van der Waals surface area contributed by atoms with Gasteiger partial charge in [0.2, 0.25) is 5.82 Å². The Hall–Kier alpha value is -3.84. The second kappa shape index (κ2) is 9.72.